The lowest BCUT2D eigenvalue weighted by Crippen LogP contribution is -2.46. The van der Waals surface area contributed by atoms with Crippen molar-refractivity contribution in [2.24, 2.45) is 0 Å². The minimum Gasteiger partial charge on any atom is -0.243 e. The van der Waals surface area contributed by atoms with Gasteiger partial charge in [0.25, 0.3) is 0 Å². The maximum absolute atomic E-state index is 3.28. The molecule has 4 nitrogen and oxygen atoms in total. The number of nitrogens with one attached hydrogen (secondary N) is 3. The summed E-state index contributed by atoms with van der Waals surface area (Å²) in [7, 11) is 0. The molecule has 1 atom stereocenters. The van der Waals surface area contributed by atoms with Crippen molar-refractivity contribution in [2.45, 2.75) is 6.17 Å². The van der Waals surface area contributed by atoms with E-state index in [0.717, 1.165) is 12.3 Å². The fraction of sp³-hybridized carbons (Fsp3) is 1.00. The first kappa shape index (κ1) is 7.20. The molecule has 2 aliphatic rings. The Bertz CT molecular complexity index is 95.8. The van der Waals surface area contributed by atoms with E-state index in [9.17, 15) is 0 Å². The molecule has 6 heteroatoms. The largest absolute Gasteiger partial charge is 0.243 e. The number of hydrogen-bond acceptors (Lipinski definition) is 6. The van der Waals surface area contributed by atoms with Gasteiger partial charge in [0, 0.05) is 18.1 Å². The van der Waals surface area contributed by atoms with Crippen LogP contribution in [0.25, 0.3) is 0 Å². The molecule has 0 spiro atoms. The van der Waals surface area contributed by atoms with Gasteiger partial charge < -0.3 is 0 Å². The Morgan fingerprint density at radius 2 is 2.50 bits per heavy atom. The molecule has 0 aromatic carbocycles. The van der Waals surface area contributed by atoms with Crippen molar-refractivity contribution in [3.05, 3.63) is 0 Å². The molecule has 10 heavy (non-hydrogen) atoms. The molecule has 0 amide bonds. The molecule has 1 unspecified atom stereocenters. The van der Waals surface area contributed by atoms with Gasteiger partial charge in [-0.1, -0.05) is 23.9 Å². The van der Waals surface area contributed by atoms with Gasteiger partial charge in [0.1, 0.15) is 6.17 Å². The van der Waals surface area contributed by atoms with Crippen LogP contribution in [0.4, 0.5) is 0 Å². The first-order valence-corrected chi connectivity index (χ1v) is 5.17. The summed E-state index contributed by atoms with van der Waals surface area (Å²) in [4.78, 5) is 3.02. The standard InChI is InChI=1S/C4H10N4S2/c1-2-10-8(5-1)4-3-9-7-6-4/h4-7H,1-3H2. The molecular weight excluding hydrogens is 168 g/mol. The van der Waals surface area contributed by atoms with E-state index in [-0.39, 0.29) is 0 Å². The Morgan fingerprint density at radius 3 is 3.10 bits per heavy atom. The maximum Gasteiger partial charge on any atom is 0.108 e. The van der Waals surface area contributed by atoms with Gasteiger partial charge in [-0.3, -0.25) is 0 Å². The van der Waals surface area contributed by atoms with E-state index in [4.69, 9.17) is 0 Å². The Labute approximate surface area is 68.7 Å². The van der Waals surface area contributed by atoms with Crippen molar-refractivity contribution < 1.29 is 0 Å². The fourth-order valence-corrected chi connectivity index (χ4v) is 2.60. The van der Waals surface area contributed by atoms with Crippen LogP contribution in [0, 0.1) is 0 Å². The Kier molecular flexibility index (Phi) is 2.37. The molecule has 0 aliphatic carbocycles. The Hall–Kier alpha value is 0.540. The van der Waals surface area contributed by atoms with Crippen LogP contribution in [-0.4, -0.2) is 28.6 Å². The lowest BCUT2D eigenvalue weighted by molar-refractivity contribution is 0.273. The van der Waals surface area contributed by atoms with Crippen molar-refractivity contribution in [2.75, 3.05) is 18.1 Å². The molecular formula is C4H10N4S2. The third-order valence-corrected chi connectivity index (χ3v) is 3.22. The van der Waals surface area contributed by atoms with Gasteiger partial charge in [-0.2, -0.15) is 9.25 Å². The minimum atomic E-state index is 0.442. The molecule has 2 aliphatic heterocycles. The summed E-state index contributed by atoms with van der Waals surface area (Å²) in [5.41, 5.74) is 6.43. The molecule has 0 bridgehead atoms. The second kappa shape index (κ2) is 3.29. The second-order valence-corrected chi connectivity index (χ2v) is 4.03. The predicted octanol–water partition coefficient (Wildman–Crippen LogP) is -0.463. The van der Waals surface area contributed by atoms with Crippen molar-refractivity contribution in [3.63, 3.8) is 0 Å². The lowest BCUT2D eigenvalue weighted by atomic mass is 10.6. The maximum atomic E-state index is 3.28. The van der Waals surface area contributed by atoms with Gasteiger partial charge in [-0.15, -0.1) is 0 Å². The SMILES string of the molecule is C1CSN(C2CSNN2)N1. The van der Waals surface area contributed by atoms with E-state index in [0.29, 0.717) is 6.17 Å². The predicted molar refractivity (Wildman–Crippen MR) is 44.8 cm³/mol. The highest BCUT2D eigenvalue weighted by Crippen LogP contribution is 2.18. The average molecular weight is 178 g/mol. The first-order chi connectivity index (χ1) is 4.97. The van der Waals surface area contributed by atoms with Crippen LogP contribution < -0.4 is 15.7 Å². The van der Waals surface area contributed by atoms with Crippen molar-refractivity contribution in [1.82, 2.24) is 20.1 Å². The monoisotopic (exact) mass is 178 g/mol. The molecule has 2 fully saturated rings. The smallest absolute Gasteiger partial charge is 0.108 e. The number of nitrogens with zero attached hydrogens (tertiary/aromatic N) is 1. The molecule has 0 aromatic heterocycles. The summed E-state index contributed by atoms with van der Waals surface area (Å²) in [6.45, 7) is 1.09. The average Bonchev–Trinajstić information content (AvgIpc) is 2.59. The molecule has 2 heterocycles. The van der Waals surface area contributed by atoms with Crippen LogP contribution in [0.15, 0.2) is 0 Å². The number of hydrazine groups is 2. The van der Waals surface area contributed by atoms with Crippen LogP contribution in [0.3, 0.4) is 0 Å². The quantitative estimate of drug-likeness (QED) is 0.472. The third kappa shape index (κ3) is 1.41. The summed E-state index contributed by atoms with van der Waals surface area (Å²) in [5.74, 6) is 2.28. The molecule has 2 saturated heterocycles. The van der Waals surface area contributed by atoms with Crippen molar-refractivity contribution >= 4 is 23.9 Å². The van der Waals surface area contributed by atoms with Crippen molar-refractivity contribution in [3.8, 4) is 0 Å². The highest BCUT2D eigenvalue weighted by Gasteiger charge is 2.25. The first-order valence-electron chi connectivity index (χ1n) is 3.25. The molecule has 0 saturated carbocycles. The van der Waals surface area contributed by atoms with E-state index < -0.39 is 0 Å². The molecule has 58 valence electrons. The Morgan fingerprint density at radius 1 is 1.50 bits per heavy atom. The van der Waals surface area contributed by atoms with Gasteiger partial charge >= 0.3 is 0 Å². The fourth-order valence-electron chi connectivity index (χ4n) is 0.944. The van der Waals surface area contributed by atoms with Gasteiger partial charge in [0.05, 0.1) is 0 Å². The van der Waals surface area contributed by atoms with E-state index in [1.165, 1.54) is 5.75 Å². The van der Waals surface area contributed by atoms with Gasteiger partial charge in [0.15, 0.2) is 0 Å². The topological polar surface area (TPSA) is 39.3 Å². The summed E-state index contributed by atoms with van der Waals surface area (Å²) in [6, 6.07) is 0. The highest BCUT2D eigenvalue weighted by atomic mass is 32.2. The van der Waals surface area contributed by atoms with Crippen molar-refractivity contribution in [1.29, 1.82) is 0 Å². The van der Waals surface area contributed by atoms with E-state index in [2.05, 4.69) is 20.1 Å². The van der Waals surface area contributed by atoms with E-state index in [1.807, 2.05) is 11.9 Å². The second-order valence-electron chi connectivity index (χ2n) is 2.14. The van der Waals surface area contributed by atoms with Crippen LogP contribution >= 0.6 is 23.9 Å². The zero-order valence-corrected chi connectivity index (χ0v) is 7.10. The molecule has 3 N–H and O–H groups in total. The molecule has 0 aromatic rings. The minimum absolute atomic E-state index is 0.442. The van der Waals surface area contributed by atoms with Crippen LogP contribution in [-0.2, 0) is 0 Å². The van der Waals surface area contributed by atoms with Crippen LogP contribution in [0.5, 0.6) is 0 Å². The zero-order valence-electron chi connectivity index (χ0n) is 5.46. The van der Waals surface area contributed by atoms with Gasteiger partial charge in [-0.25, -0.2) is 10.9 Å². The highest BCUT2D eigenvalue weighted by molar-refractivity contribution is 7.98. The lowest BCUT2D eigenvalue weighted by Gasteiger charge is -2.19. The third-order valence-electron chi connectivity index (χ3n) is 1.42. The van der Waals surface area contributed by atoms with Crippen LogP contribution in [0.2, 0.25) is 0 Å². The van der Waals surface area contributed by atoms with Crippen LogP contribution in [0.1, 0.15) is 0 Å². The summed E-state index contributed by atoms with van der Waals surface area (Å²) >= 11 is 3.56. The van der Waals surface area contributed by atoms with E-state index >= 15 is 0 Å². The normalized spacial score (nSPS) is 35.4. The summed E-state index contributed by atoms with van der Waals surface area (Å²) in [5, 5.41) is 0. The van der Waals surface area contributed by atoms with Gasteiger partial charge in [-0.05, 0) is 0 Å². The number of rotatable bonds is 1. The molecule has 2 rings (SSSR count). The summed E-state index contributed by atoms with van der Waals surface area (Å²) in [6.07, 6.45) is 0.442. The molecule has 0 radical (unpaired) electrons. The number of hydrogen-bond donors (Lipinski definition) is 3. The van der Waals surface area contributed by atoms with Gasteiger partial charge in [0.2, 0.25) is 0 Å². The zero-order chi connectivity index (χ0) is 6.81. The summed E-state index contributed by atoms with van der Waals surface area (Å²) < 4.78 is 2.17. The van der Waals surface area contributed by atoms with E-state index in [1.54, 1.807) is 11.9 Å². The Balaban J connectivity index is 1.85.